The van der Waals surface area contributed by atoms with E-state index in [0.29, 0.717) is 13.1 Å². The van der Waals surface area contributed by atoms with Crippen LogP contribution in [0.1, 0.15) is 31.4 Å². The van der Waals surface area contributed by atoms with Gasteiger partial charge in [0.15, 0.2) is 5.69 Å². The highest BCUT2D eigenvalue weighted by molar-refractivity contribution is 5.66. The van der Waals surface area contributed by atoms with Crippen molar-refractivity contribution in [3.05, 3.63) is 17.8 Å². The van der Waals surface area contributed by atoms with Crippen molar-refractivity contribution < 1.29 is 27.8 Å². The fraction of sp³-hybridized carbons (Fsp3) is 0.643. The van der Waals surface area contributed by atoms with Gasteiger partial charge < -0.3 is 14.7 Å². The summed E-state index contributed by atoms with van der Waals surface area (Å²) in [6, 6.07) is 2.03. The molecule has 2 aliphatic rings. The van der Waals surface area contributed by atoms with E-state index in [1.807, 2.05) is 0 Å². The van der Waals surface area contributed by atoms with E-state index in [1.165, 1.54) is 11.0 Å². The first kappa shape index (κ1) is 15.8. The molecule has 1 saturated heterocycles. The van der Waals surface area contributed by atoms with Crippen molar-refractivity contribution >= 4 is 6.09 Å². The van der Waals surface area contributed by atoms with E-state index in [2.05, 4.69) is 10.2 Å². The highest BCUT2D eigenvalue weighted by atomic mass is 19.4. The van der Waals surface area contributed by atoms with Crippen LogP contribution in [0, 0.1) is 5.41 Å². The van der Waals surface area contributed by atoms with Crippen molar-refractivity contribution in [3.8, 4) is 5.88 Å². The lowest BCUT2D eigenvalue weighted by Gasteiger charge is -2.52. The van der Waals surface area contributed by atoms with E-state index in [-0.39, 0.29) is 17.4 Å². The van der Waals surface area contributed by atoms with Crippen LogP contribution in [-0.4, -0.2) is 45.5 Å². The molecular weight excluding hydrogens is 315 g/mol. The molecule has 2 heterocycles. The number of ether oxygens (including phenoxy) is 1. The summed E-state index contributed by atoms with van der Waals surface area (Å²) in [4.78, 5) is 12.2. The maximum absolute atomic E-state index is 12.4. The van der Waals surface area contributed by atoms with Gasteiger partial charge in [-0.1, -0.05) is 0 Å². The second-order valence-electron chi connectivity index (χ2n) is 6.21. The summed E-state index contributed by atoms with van der Waals surface area (Å²) in [7, 11) is 0. The fourth-order valence-electron chi connectivity index (χ4n) is 3.24. The molecule has 0 unspecified atom stereocenters. The molecule has 1 aromatic rings. The van der Waals surface area contributed by atoms with Crippen molar-refractivity contribution in [3.63, 3.8) is 0 Å². The predicted molar refractivity (Wildman–Crippen MR) is 71.9 cm³/mol. The van der Waals surface area contributed by atoms with Crippen molar-refractivity contribution in [2.24, 2.45) is 5.41 Å². The summed E-state index contributed by atoms with van der Waals surface area (Å²) in [5.74, 6) is 0.0831. The van der Waals surface area contributed by atoms with Gasteiger partial charge in [-0.2, -0.15) is 13.2 Å². The maximum Gasteiger partial charge on any atom is 0.435 e. The maximum atomic E-state index is 12.4. The fourth-order valence-corrected chi connectivity index (χ4v) is 3.24. The van der Waals surface area contributed by atoms with E-state index in [9.17, 15) is 18.0 Å². The average molecular weight is 331 g/mol. The Bertz CT molecular complexity index is 575. The highest BCUT2D eigenvalue weighted by Gasteiger charge is 2.47. The number of aromatic nitrogens is 2. The highest BCUT2D eigenvalue weighted by Crippen LogP contribution is 2.44. The standard InChI is InChI=1S/C14H16F3N3O3/c15-14(16,17)10-1-2-11(19-18-10)23-9-3-5-13(6-4-9)7-20(8-13)12(21)22/h1-2,9H,3-8H2,(H,21,22). The average Bonchev–Trinajstić information content (AvgIpc) is 2.45. The van der Waals surface area contributed by atoms with Crippen LogP contribution in [-0.2, 0) is 6.18 Å². The number of rotatable bonds is 2. The van der Waals surface area contributed by atoms with Gasteiger partial charge in [0.25, 0.3) is 0 Å². The number of amides is 1. The third-order valence-corrected chi connectivity index (χ3v) is 4.53. The lowest BCUT2D eigenvalue weighted by Crippen LogP contribution is -2.59. The van der Waals surface area contributed by atoms with Crippen LogP contribution in [0.3, 0.4) is 0 Å². The molecule has 0 atom stereocenters. The summed E-state index contributed by atoms with van der Waals surface area (Å²) in [5, 5.41) is 15.5. The van der Waals surface area contributed by atoms with E-state index < -0.39 is 18.0 Å². The number of hydrogen-bond donors (Lipinski definition) is 1. The SMILES string of the molecule is O=C(O)N1CC2(CCC(Oc3ccc(C(F)(F)F)nn3)CC2)C1. The van der Waals surface area contributed by atoms with E-state index >= 15 is 0 Å². The molecule has 0 bridgehead atoms. The molecule has 23 heavy (non-hydrogen) atoms. The van der Waals surface area contributed by atoms with E-state index in [4.69, 9.17) is 9.84 Å². The smallest absolute Gasteiger partial charge is 0.435 e. The molecule has 1 aliphatic heterocycles. The molecule has 1 N–H and O–H groups in total. The van der Waals surface area contributed by atoms with Crippen molar-refractivity contribution in [1.29, 1.82) is 0 Å². The lowest BCUT2D eigenvalue weighted by atomic mass is 9.68. The third kappa shape index (κ3) is 3.32. The quantitative estimate of drug-likeness (QED) is 0.902. The molecule has 1 aromatic heterocycles. The summed E-state index contributed by atoms with van der Waals surface area (Å²) in [6.45, 7) is 1.10. The zero-order chi connectivity index (χ0) is 16.7. The number of likely N-dealkylation sites (tertiary alicyclic amines) is 1. The minimum Gasteiger partial charge on any atom is -0.473 e. The van der Waals surface area contributed by atoms with Gasteiger partial charge in [-0.05, 0) is 31.7 Å². The second-order valence-corrected chi connectivity index (χ2v) is 6.21. The number of alkyl halides is 3. The lowest BCUT2D eigenvalue weighted by molar-refractivity contribution is -0.141. The first-order valence-electron chi connectivity index (χ1n) is 7.33. The van der Waals surface area contributed by atoms with Gasteiger partial charge in [0, 0.05) is 24.6 Å². The Kier molecular flexibility index (Phi) is 3.81. The van der Waals surface area contributed by atoms with E-state index in [0.717, 1.165) is 31.7 Å². The van der Waals surface area contributed by atoms with Crippen LogP contribution in [0.5, 0.6) is 5.88 Å². The van der Waals surface area contributed by atoms with Crippen LogP contribution >= 0.6 is 0 Å². The Hall–Kier alpha value is -2.06. The zero-order valence-corrected chi connectivity index (χ0v) is 12.2. The van der Waals surface area contributed by atoms with Crippen LogP contribution in [0.15, 0.2) is 12.1 Å². The Morgan fingerprint density at radius 2 is 1.91 bits per heavy atom. The first-order valence-corrected chi connectivity index (χ1v) is 7.33. The van der Waals surface area contributed by atoms with Gasteiger partial charge in [-0.15, -0.1) is 10.2 Å². The van der Waals surface area contributed by atoms with Gasteiger partial charge in [0.2, 0.25) is 5.88 Å². The number of nitrogens with zero attached hydrogens (tertiary/aromatic N) is 3. The van der Waals surface area contributed by atoms with Crippen molar-refractivity contribution in [1.82, 2.24) is 15.1 Å². The number of hydrogen-bond acceptors (Lipinski definition) is 4. The summed E-state index contributed by atoms with van der Waals surface area (Å²) in [6.07, 6.45) is -2.38. The molecule has 1 aliphatic carbocycles. The molecule has 1 amide bonds. The monoisotopic (exact) mass is 331 g/mol. The normalized spacial score (nSPS) is 21.1. The molecule has 126 valence electrons. The molecule has 1 spiro atoms. The molecule has 2 fully saturated rings. The van der Waals surface area contributed by atoms with Crippen LogP contribution in [0.4, 0.5) is 18.0 Å². The minimum atomic E-state index is -4.51. The Morgan fingerprint density at radius 3 is 2.39 bits per heavy atom. The minimum absolute atomic E-state index is 0.0457. The summed E-state index contributed by atoms with van der Waals surface area (Å²) < 4.78 is 42.8. The van der Waals surface area contributed by atoms with Gasteiger partial charge in [0.1, 0.15) is 6.10 Å². The zero-order valence-electron chi connectivity index (χ0n) is 12.2. The number of halogens is 3. The molecule has 1 saturated carbocycles. The van der Waals surface area contributed by atoms with Gasteiger partial charge in [-0.25, -0.2) is 4.79 Å². The Balaban J connectivity index is 1.51. The van der Waals surface area contributed by atoms with Gasteiger partial charge >= 0.3 is 12.3 Å². The summed E-state index contributed by atoms with van der Waals surface area (Å²) in [5.41, 5.74) is -1.000. The molecule has 9 heteroatoms. The van der Waals surface area contributed by atoms with Crippen LogP contribution in [0.2, 0.25) is 0 Å². The van der Waals surface area contributed by atoms with Gasteiger partial charge in [0.05, 0.1) is 0 Å². The van der Waals surface area contributed by atoms with E-state index in [1.54, 1.807) is 0 Å². The molecule has 0 aromatic carbocycles. The Morgan fingerprint density at radius 1 is 1.26 bits per heavy atom. The third-order valence-electron chi connectivity index (χ3n) is 4.53. The van der Waals surface area contributed by atoms with Gasteiger partial charge in [-0.3, -0.25) is 0 Å². The van der Waals surface area contributed by atoms with Crippen LogP contribution < -0.4 is 4.74 Å². The number of carboxylic acid groups (broad SMARTS) is 1. The first-order chi connectivity index (χ1) is 10.8. The summed E-state index contributed by atoms with van der Waals surface area (Å²) >= 11 is 0. The van der Waals surface area contributed by atoms with Crippen molar-refractivity contribution in [2.75, 3.05) is 13.1 Å². The predicted octanol–water partition coefficient (Wildman–Crippen LogP) is 2.80. The molecular formula is C14H16F3N3O3. The molecule has 0 radical (unpaired) electrons. The Labute approximate surface area is 130 Å². The molecule has 6 nitrogen and oxygen atoms in total. The largest absolute Gasteiger partial charge is 0.473 e. The topological polar surface area (TPSA) is 75.5 Å². The number of carbonyl (C=O) groups is 1. The second kappa shape index (κ2) is 5.54. The molecule has 3 rings (SSSR count). The van der Waals surface area contributed by atoms with Crippen LogP contribution in [0.25, 0.3) is 0 Å². The van der Waals surface area contributed by atoms with Crippen molar-refractivity contribution in [2.45, 2.75) is 38.0 Å².